The highest BCUT2D eigenvalue weighted by Crippen LogP contribution is 2.16. The third kappa shape index (κ3) is 2.95. The van der Waals surface area contributed by atoms with Gasteiger partial charge in [0.25, 0.3) is 0 Å². The fourth-order valence-electron chi connectivity index (χ4n) is 1.21. The number of hydrogen-bond acceptors (Lipinski definition) is 2. The molecule has 0 unspecified atom stereocenters. The highest BCUT2D eigenvalue weighted by Gasteiger charge is 1.97. The van der Waals surface area contributed by atoms with Crippen molar-refractivity contribution in [1.82, 2.24) is 0 Å². The second-order valence-corrected chi connectivity index (χ2v) is 4.06. The molecule has 2 N–H and O–H groups in total. The molecule has 0 saturated carbocycles. The van der Waals surface area contributed by atoms with Crippen LogP contribution in [0.5, 0.6) is 0 Å². The number of hydrogen-bond donors (Lipinski definition) is 1. The Hall–Kier alpha value is -0.340. The van der Waals surface area contributed by atoms with Crippen molar-refractivity contribution >= 4 is 11.3 Å². The van der Waals surface area contributed by atoms with E-state index in [4.69, 9.17) is 5.73 Å². The molecule has 0 spiro atoms. The van der Waals surface area contributed by atoms with Gasteiger partial charge in [-0.2, -0.15) is 0 Å². The zero-order valence-corrected chi connectivity index (χ0v) is 8.49. The van der Waals surface area contributed by atoms with Crippen LogP contribution in [0.2, 0.25) is 0 Å². The molecule has 1 heterocycles. The van der Waals surface area contributed by atoms with Gasteiger partial charge in [0.1, 0.15) is 0 Å². The van der Waals surface area contributed by atoms with E-state index in [1.807, 2.05) is 11.3 Å². The molecule has 0 aliphatic heterocycles. The summed E-state index contributed by atoms with van der Waals surface area (Å²) >= 11 is 1.84. The van der Waals surface area contributed by atoms with Crippen LogP contribution in [0, 0.1) is 0 Å². The van der Waals surface area contributed by atoms with Crippen LogP contribution in [0.1, 0.15) is 30.2 Å². The first-order valence-electron chi connectivity index (χ1n) is 4.63. The van der Waals surface area contributed by atoms with E-state index < -0.39 is 0 Å². The Morgan fingerprint density at radius 2 is 2.25 bits per heavy atom. The fraction of sp³-hybridized carbons (Fsp3) is 0.600. The van der Waals surface area contributed by atoms with E-state index in [2.05, 4.69) is 18.4 Å². The quantitative estimate of drug-likeness (QED) is 0.746. The van der Waals surface area contributed by atoms with Crippen molar-refractivity contribution in [3.63, 3.8) is 0 Å². The summed E-state index contributed by atoms with van der Waals surface area (Å²) < 4.78 is 0. The molecule has 0 radical (unpaired) electrons. The summed E-state index contributed by atoms with van der Waals surface area (Å²) in [5.74, 6) is 0. The first-order chi connectivity index (χ1) is 5.86. The Bertz CT molecular complexity index is 217. The predicted molar refractivity (Wildman–Crippen MR) is 55.7 cm³/mol. The number of aryl methyl sites for hydroxylation is 1. The van der Waals surface area contributed by atoms with Crippen molar-refractivity contribution in [1.29, 1.82) is 0 Å². The minimum atomic E-state index is 0.772. The van der Waals surface area contributed by atoms with Crippen molar-refractivity contribution in [3.8, 4) is 0 Å². The smallest absolute Gasteiger partial charge is 0.00606 e. The molecule has 0 aromatic carbocycles. The fourth-order valence-corrected chi connectivity index (χ4v) is 2.16. The van der Waals surface area contributed by atoms with Crippen molar-refractivity contribution in [2.24, 2.45) is 5.73 Å². The monoisotopic (exact) mass is 183 g/mol. The zero-order chi connectivity index (χ0) is 8.81. The lowest BCUT2D eigenvalue weighted by Gasteiger charge is -1.92. The maximum atomic E-state index is 5.48. The molecule has 2 heteroatoms. The predicted octanol–water partition coefficient (Wildman–Crippen LogP) is 2.59. The summed E-state index contributed by atoms with van der Waals surface area (Å²) in [6.07, 6.45) is 4.86. The average molecular weight is 183 g/mol. The largest absolute Gasteiger partial charge is 0.330 e. The van der Waals surface area contributed by atoms with E-state index in [-0.39, 0.29) is 0 Å². The molecular weight excluding hydrogens is 166 g/mol. The molecule has 0 bridgehead atoms. The van der Waals surface area contributed by atoms with Gasteiger partial charge in [-0.05, 0) is 42.8 Å². The van der Waals surface area contributed by atoms with Crippen LogP contribution in [-0.2, 0) is 12.8 Å². The van der Waals surface area contributed by atoms with E-state index in [0.29, 0.717) is 0 Å². The molecule has 12 heavy (non-hydrogen) atoms. The van der Waals surface area contributed by atoms with Crippen LogP contribution in [0.15, 0.2) is 11.4 Å². The maximum absolute atomic E-state index is 5.48. The molecule has 0 fully saturated rings. The van der Waals surface area contributed by atoms with Gasteiger partial charge in [0.2, 0.25) is 0 Å². The van der Waals surface area contributed by atoms with E-state index in [9.17, 15) is 0 Å². The molecule has 0 atom stereocenters. The van der Waals surface area contributed by atoms with Gasteiger partial charge in [0.05, 0.1) is 0 Å². The molecule has 1 rings (SSSR count). The van der Waals surface area contributed by atoms with Crippen LogP contribution in [0.3, 0.4) is 0 Å². The van der Waals surface area contributed by atoms with Crippen LogP contribution in [0.4, 0.5) is 0 Å². The molecule has 1 aromatic rings. The minimum Gasteiger partial charge on any atom is -0.330 e. The van der Waals surface area contributed by atoms with Gasteiger partial charge in [-0.15, -0.1) is 11.3 Å². The second-order valence-electron chi connectivity index (χ2n) is 3.06. The lowest BCUT2D eigenvalue weighted by atomic mass is 10.1. The lowest BCUT2D eigenvalue weighted by molar-refractivity contribution is 0.796. The summed E-state index contributed by atoms with van der Waals surface area (Å²) in [7, 11) is 0. The van der Waals surface area contributed by atoms with Crippen LogP contribution >= 0.6 is 11.3 Å². The standard InChI is InChI=1S/C10H17NS/c1-2-3-4-9-7-10(5-6-11)12-8-9/h7-8H,2-6,11H2,1H3. The van der Waals surface area contributed by atoms with Gasteiger partial charge in [0.15, 0.2) is 0 Å². The lowest BCUT2D eigenvalue weighted by Crippen LogP contribution is -2.00. The third-order valence-electron chi connectivity index (χ3n) is 1.92. The molecule has 0 aliphatic carbocycles. The zero-order valence-electron chi connectivity index (χ0n) is 7.68. The van der Waals surface area contributed by atoms with Gasteiger partial charge in [0, 0.05) is 4.88 Å². The van der Waals surface area contributed by atoms with E-state index >= 15 is 0 Å². The third-order valence-corrected chi connectivity index (χ3v) is 2.96. The van der Waals surface area contributed by atoms with Crippen LogP contribution < -0.4 is 5.73 Å². The second kappa shape index (κ2) is 5.33. The summed E-state index contributed by atoms with van der Waals surface area (Å²) in [4.78, 5) is 1.43. The molecule has 0 amide bonds. The van der Waals surface area contributed by atoms with Gasteiger partial charge < -0.3 is 5.73 Å². The number of thiophene rings is 1. The SMILES string of the molecule is CCCCc1csc(CCN)c1. The molecule has 1 aromatic heterocycles. The summed E-state index contributed by atoms with van der Waals surface area (Å²) in [5, 5.41) is 2.26. The minimum absolute atomic E-state index is 0.772. The number of unbranched alkanes of at least 4 members (excludes halogenated alkanes) is 1. The van der Waals surface area contributed by atoms with Crippen molar-refractivity contribution in [3.05, 3.63) is 21.9 Å². The van der Waals surface area contributed by atoms with Crippen LogP contribution in [-0.4, -0.2) is 6.54 Å². The molecule has 0 aliphatic rings. The van der Waals surface area contributed by atoms with Gasteiger partial charge in [-0.1, -0.05) is 13.3 Å². The Labute approximate surface area is 78.6 Å². The molecule has 68 valence electrons. The summed E-state index contributed by atoms with van der Waals surface area (Å²) in [6, 6.07) is 2.30. The number of rotatable bonds is 5. The van der Waals surface area contributed by atoms with E-state index in [1.165, 1.54) is 29.7 Å². The molecule has 1 nitrogen and oxygen atoms in total. The Morgan fingerprint density at radius 3 is 2.92 bits per heavy atom. The topological polar surface area (TPSA) is 26.0 Å². The first-order valence-corrected chi connectivity index (χ1v) is 5.51. The maximum Gasteiger partial charge on any atom is 0.00606 e. The van der Waals surface area contributed by atoms with Crippen molar-refractivity contribution in [2.45, 2.75) is 32.6 Å². The highest BCUT2D eigenvalue weighted by molar-refractivity contribution is 7.10. The van der Waals surface area contributed by atoms with Crippen molar-refractivity contribution < 1.29 is 0 Å². The Kier molecular flexibility index (Phi) is 4.33. The number of nitrogens with two attached hydrogens (primary N) is 1. The molecular formula is C10H17NS. The van der Waals surface area contributed by atoms with Gasteiger partial charge in [-0.25, -0.2) is 0 Å². The highest BCUT2D eigenvalue weighted by atomic mass is 32.1. The van der Waals surface area contributed by atoms with E-state index in [1.54, 1.807) is 0 Å². The Balaban J connectivity index is 2.41. The van der Waals surface area contributed by atoms with Gasteiger partial charge >= 0.3 is 0 Å². The summed E-state index contributed by atoms with van der Waals surface area (Å²) in [6.45, 7) is 3.00. The van der Waals surface area contributed by atoms with Crippen LogP contribution in [0.25, 0.3) is 0 Å². The van der Waals surface area contributed by atoms with Crippen molar-refractivity contribution in [2.75, 3.05) is 6.54 Å². The summed E-state index contributed by atoms with van der Waals surface area (Å²) in [5.41, 5.74) is 6.97. The normalized spacial score (nSPS) is 10.5. The first kappa shape index (κ1) is 9.75. The Morgan fingerprint density at radius 1 is 1.42 bits per heavy atom. The van der Waals surface area contributed by atoms with Gasteiger partial charge in [-0.3, -0.25) is 0 Å². The average Bonchev–Trinajstić information content (AvgIpc) is 2.50. The molecule has 0 saturated heterocycles. The van der Waals surface area contributed by atoms with E-state index in [0.717, 1.165) is 13.0 Å².